The number of fused-ring (bicyclic) bond motifs is 6. The predicted octanol–water partition coefficient (Wildman–Crippen LogP) is 3.97. The van der Waals surface area contributed by atoms with Crippen molar-refractivity contribution in [1.82, 2.24) is 4.90 Å². The molecule has 3 saturated heterocycles. The number of para-hydroxylation sites is 1. The first kappa shape index (κ1) is 19.7. The van der Waals surface area contributed by atoms with E-state index in [9.17, 15) is 9.50 Å². The van der Waals surface area contributed by atoms with E-state index in [1.54, 1.807) is 6.07 Å². The molecule has 0 spiro atoms. The molecule has 0 radical (unpaired) electrons. The second-order valence-electron chi connectivity index (χ2n) is 9.49. The van der Waals surface area contributed by atoms with E-state index in [1.807, 2.05) is 12.1 Å². The molecular formula is C25H29FN2O3. The highest BCUT2D eigenvalue weighted by Gasteiger charge is 2.43. The molecule has 0 amide bonds. The highest BCUT2D eigenvalue weighted by atomic mass is 19.1. The summed E-state index contributed by atoms with van der Waals surface area (Å²) in [5, 5.41) is 12.9. The number of rotatable bonds is 3. The summed E-state index contributed by atoms with van der Waals surface area (Å²) in [5.74, 6) is 0.486. The number of nitrogens with one attached hydrogen (secondary N) is 1. The van der Waals surface area contributed by atoms with Crippen LogP contribution in [0.1, 0.15) is 42.4 Å². The van der Waals surface area contributed by atoms with E-state index in [2.05, 4.69) is 28.4 Å². The summed E-state index contributed by atoms with van der Waals surface area (Å²) >= 11 is 0. The molecule has 6 heteroatoms. The molecular weight excluding hydrogens is 395 g/mol. The molecule has 4 aliphatic heterocycles. The fourth-order valence-electron chi connectivity index (χ4n) is 6.13. The number of piperidine rings is 1. The third-order valence-electron chi connectivity index (χ3n) is 7.52. The van der Waals surface area contributed by atoms with E-state index in [0.29, 0.717) is 5.92 Å². The molecule has 0 saturated carbocycles. The molecule has 6 unspecified atom stereocenters. The molecule has 164 valence electrons. The molecule has 31 heavy (non-hydrogen) atoms. The molecule has 4 aliphatic rings. The second kappa shape index (κ2) is 7.85. The lowest BCUT2D eigenvalue weighted by Crippen LogP contribution is -2.44. The number of aliphatic hydroxyl groups excluding tert-OH is 1. The van der Waals surface area contributed by atoms with Crippen LogP contribution in [-0.4, -0.2) is 54.6 Å². The van der Waals surface area contributed by atoms with Crippen molar-refractivity contribution >= 4 is 11.4 Å². The van der Waals surface area contributed by atoms with Crippen molar-refractivity contribution in [3.8, 4) is 0 Å². The Morgan fingerprint density at radius 3 is 2.81 bits per heavy atom. The molecule has 0 aliphatic carbocycles. The number of anilines is 2. The summed E-state index contributed by atoms with van der Waals surface area (Å²) in [6.45, 7) is 3.00. The molecule has 4 heterocycles. The largest absolute Gasteiger partial charge is 0.394 e. The number of likely N-dealkylation sites (tertiary alicyclic amines) is 1. The van der Waals surface area contributed by atoms with Gasteiger partial charge < -0.3 is 24.8 Å². The van der Waals surface area contributed by atoms with Gasteiger partial charge in [-0.1, -0.05) is 18.2 Å². The fourth-order valence-corrected chi connectivity index (χ4v) is 6.13. The lowest BCUT2D eigenvalue weighted by atomic mass is 9.87. The maximum Gasteiger partial charge on any atom is 0.123 e. The topological polar surface area (TPSA) is 54.0 Å². The Bertz CT molecular complexity index is 970. The Morgan fingerprint density at radius 2 is 1.90 bits per heavy atom. The van der Waals surface area contributed by atoms with E-state index in [0.717, 1.165) is 55.8 Å². The number of ether oxygens (including phenoxy) is 2. The highest BCUT2D eigenvalue weighted by molar-refractivity contribution is 5.70. The van der Waals surface area contributed by atoms with Crippen LogP contribution in [0.15, 0.2) is 42.5 Å². The van der Waals surface area contributed by atoms with Gasteiger partial charge in [-0.25, -0.2) is 4.39 Å². The Balaban J connectivity index is 1.23. The number of halogens is 1. The van der Waals surface area contributed by atoms with Crippen LogP contribution < -0.4 is 5.32 Å². The van der Waals surface area contributed by atoms with Crippen LogP contribution >= 0.6 is 0 Å². The van der Waals surface area contributed by atoms with Gasteiger partial charge in [0.25, 0.3) is 0 Å². The quantitative estimate of drug-likeness (QED) is 0.781. The van der Waals surface area contributed by atoms with Gasteiger partial charge >= 0.3 is 0 Å². The van der Waals surface area contributed by atoms with Crippen molar-refractivity contribution in [3.05, 3.63) is 59.4 Å². The van der Waals surface area contributed by atoms with Gasteiger partial charge in [-0.2, -0.15) is 0 Å². The number of hydrogen-bond donors (Lipinski definition) is 2. The molecule has 2 aromatic rings. The zero-order valence-corrected chi connectivity index (χ0v) is 17.5. The summed E-state index contributed by atoms with van der Waals surface area (Å²) in [7, 11) is 0. The Hall–Kier alpha value is -1.99. The summed E-state index contributed by atoms with van der Waals surface area (Å²) in [4.78, 5) is 2.50. The summed E-state index contributed by atoms with van der Waals surface area (Å²) in [5.41, 5.74) is 4.18. The Morgan fingerprint density at radius 1 is 1.03 bits per heavy atom. The minimum atomic E-state index is -0.223. The van der Waals surface area contributed by atoms with Crippen molar-refractivity contribution in [3.63, 3.8) is 0 Å². The average molecular weight is 425 g/mol. The highest BCUT2D eigenvalue weighted by Crippen LogP contribution is 2.51. The van der Waals surface area contributed by atoms with Gasteiger partial charge in [-0.05, 0) is 49.1 Å². The minimum Gasteiger partial charge on any atom is -0.394 e. The van der Waals surface area contributed by atoms with Gasteiger partial charge in [-0.15, -0.1) is 0 Å². The fraction of sp³-hybridized carbons (Fsp3) is 0.520. The van der Waals surface area contributed by atoms with E-state index in [1.165, 1.54) is 11.6 Å². The van der Waals surface area contributed by atoms with Gasteiger partial charge in [-0.3, -0.25) is 0 Å². The second-order valence-corrected chi connectivity index (χ2v) is 9.49. The van der Waals surface area contributed by atoms with Crippen molar-refractivity contribution in [2.75, 3.05) is 31.6 Å². The van der Waals surface area contributed by atoms with Crippen LogP contribution in [-0.2, 0) is 9.47 Å². The number of hydrogen-bond acceptors (Lipinski definition) is 5. The standard InChI is InChI=1S/C25H29FN2O3/c26-16-5-6-23-21(10-16)25-20(19-3-1-2-4-22(19)27-23)11-17(31-25)13-28-8-7-24-15(12-28)9-18(14-29)30-24/h1-6,10,15,17-18,20,24-25,27,29H,7-9,11-14H2. The zero-order chi connectivity index (χ0) is 20.9. The Kier molecular flexibility index (Phi) is 4.98. The Labute approximate surface area is 182 Å². The molecule has 0 bridgehead atoms. The van der Waals surface area contributed by atoms with Crippen LogP contribution in [0.4, 0.5) is 15.8 Å². The van der Waals surface area contributed by atoms with Crippen molar-refractivity contribution in [2.45, 2.75) is 49.6 Å². The SMILES string of the molecule is OCC1CC2CN(CC3CC4c5ccccc5Nc5ccc(F)cc5C4O3)CCC2O1. The van der Waals surface area contributed by atoms with Crippen LogP contribution in [0.25, 0.3) is 0 Å². The number of nitrogens with zero attached hydrogens (tertiary/aromatic N) is 1. The van der Waals surface area contributed by atoms with Gasteiger partial charge in [0, 0.05) is 48.4 Å². The predicted molar refractivity (Wildman–Crippen MR) is 116 cm³/mol. The molecule has 5 nitrogen and oxygen atoms in total. The van der Waals surface area contributed by atoms with Crippen LogP contribution in [0.3, 0.4) is 0 Å². The van der Waals surface area contributed by atoms with E-state index in [4.69, 9.17) is 9.47 Å². The van der Waals surface area contributed by atoms with Gasteiger partial charge in [0.2, 0.25) is 0 Å². The van der Waals surface area contributed by atoms with Gasteiger partial charge in [0.1, 0.15) is 5.82 Å². The van der Waals surface area contributed by atoms with Gasteiger partial charge in [0.15, 0.2) is 0 Å². The first-order valence-corrected chi connectivity index (χ1v) is 11.5. The third kappa shape index (κ3) is 3.55. The van der Waals surface area contributed by atoms with Crippen molar-refractivity contribution in [1.29, 1.82) is 0 Å². The summed E-state index contributed by atoms with van der Waals surface area (Å²) < 4.78 is 26.7. The van der Waals surface area contributed by atoms with Crippen LogP contribution in [0, 0.1) is 11.7 Å². The van der Waals surface area contributed by atoms with E-state index in [-0.39, 0.29) is 42.8 Å². The van der Waals surface area contributed by atoms with E-state index < -0.39 is 0 Å². The van der Waals surface area contributed by atoms with Crippen LogP contribution in [0.5, 0.6) is 0 Å². The molecule has 6 atom stereocenters. The van der Waals surface area contributed by atoms with Gasteiger partial charge in [0.05, 0.1) is 31.0 Å². The summed E-state index contributed by atoms with van der Waals surface area (Å²) in [6.07, 6.45) is 3.15. The first-order chi connectivity index (χ1) is 15.2. The lowest BCUT2D eigenvalue weighted by molar-refractivity contribution is -0.0300. The lowest BCUT2D eigenvalue weighted by Gasteiger charge is -2.35. The number of aliphatic hydroxyl groups is 1. The normalized spacial score (nSPS) is 34.3. The molecule has 3 fully saturated rings. The smallest absolute Gasteiger partial charge is 0.123 e. The number of benzene rings is 2. The maximum atomic E-state index is 14.1. The third-order valence-corrected chi connectivity index (χ3v) is 7.52. The van der Waals surface area contributed by atoms with Crippen molar-refractivity contribution in [2.24, 2.45) is 5.92 Å². The first-order valence-electron chi connectivity index (χ1n) is 11.5. The molecule has 6 rings (SSSR count). The molecule has 0 aromatic heterocycles. The molecule has 2 aromatic carbocycles. The molecule has 2 N–H and O–H groups in total. The van der Waals surface area contributed by atoms with E-state index >= 15 is 0 Å². The van der Waals surface area contributed by atoms with Crippen molar-refractivity contribution < 1.29 is 19.0 Å². The van der Waals surface area contributed by atoms with Crippen LogP contribution in [0.2, 0.25) is 0 Å². The zero-order valence-electron chi connectivity index (χ0n) is 17.5. The average Bonchev–Trinajstić information content (AvgIpc) is 3.36. The monoisotopic (exact) mass is 424 g/mol. The minimum absolute atomic E-state index is 0.000278. The maximum absolute atomic E-state index is 14.1. The summed E-state index contributed by atoms with van der Waals surface area (Å²) in [6, 6.07) is 13.3.